The van der Waals surface area contributed by atoms with Gasteiger partial charge >= 0.3 is 5.97 Å². The first-order valence-electron chi connectivity index (χ1n) is 6.82. The van der Waals surface area contributed by atoms with Gasteiger partial charge in [0.25, 0.3) is 0 Å². The van der Waals surface area contributed by atoms with Gasteiger partial charge in [-0.05, 0) is 70.0 Å². The van der Waals surface area contributed by atoms with Gasteiger partial charge in [0, 0.05) is 10.6 Å². The van der Waals surface area contributed by atoms with Crippen LogP contribution in [0.5, 0.6) is 5.75 Å². The molecule has 3 nitrogen and oxygen atoms in total. The van der Waals surface area contributed by atoms with Crippen LogP contribution in [0.2, 0.25) is 5.02 Å². The first-order valence-corrected chi connectivity index (χ1v) is 7.99. The van der Waals surface area contributed by atoms with Crippen molar-refractivity contribution in [3.63, 3.8) is 0 Å². The van der Waals surface area contributed by atoms with Gasteiger partial charge in [-0.3, -0.25) is 0 Å². The molecule has 2 aromatic rings. The zero-order valence-corrected chi connectivity index (χ0v) is 14.5. The van der Waals surface area contributed by atoms with Crippen LogP contribution >= 0.6 is 27.5 Å². The lowest BCUT2D eigenvalue weighted by molar-refractivity contribution is -0.130. The van der Waals surface area contributed by atoms with Gasteiger partial charge in [0.2, 0.25) is 0 Å². The van der Waals surface area contributed by atoms with Crippen LogP contribution in [0.15, 0.2) is 58.6 Å². The molecule has 0 atom stereocenters. The molecule has 5 heteroatoms. The Morgan fingerprint density at radius 2 is 1.91 bits per heavy atom. The number of carbonyl (C=O) groups excluding carboxylic acids is 1. The van der Waals surface area contributed by atoms with Gasteiger partial charge in [-0.1, -0.05) is 17.7 Å². The third-order valence-electron chi connectivity index (χ3n) is 3.35. The third kappa shape index (κ3) is 3.49. The smallest absolute Gasteiger partial charge is 0.343 e. The zero-order chi connectivity index (χ0) is 16.4. The fourth-order valence-corrected chi connectivity index (χ4v) is 2.88. The molecule has 0 N–H and O–H groups in total. The number of hydrogen-bond acceptors (Lipinski definition) is 3. The highest BCUT2D eigenvalue weighted by molar-refractivity contribution is 9.10. The summed E-state index contributed by atoms with van der Waals surface area (Å²) in [5.41, 5.74) is 2.17. The van der Waals surface area contributed by atoms with Gasteiger partial charge in [-0.25, -0.2) is 4.79 Å². The van der Waals surface area contributed by atoms with Crippen LogP contribution < -0.4 is 4.74 Å². The number of cyclic esters (lactones) is 1. The molecular weight excluding hydrogens is 380 g/mol. The van der Waals surface area contributed by atoms with E-state index in [9.17, 15) is 4.79 Å². The van der Waals surface area contributed by atoms with Crippen molar-refractivity contribution in [3.05, 3.63) is 74.7 Å². The van der Waals surface area contributed by atoms with E-state index >= 15 is 0 Å². The van der Waals surface area contributed by atoms with Gasteiger partial charge in [0.05, 0.1) is 17.2 Å². The molecule has 23 heavy (non-hydrogen) atoms. The quantitative estimate of drug-likeness (QED) is 0.540. The lowest BCUT2D eigenvalue weighted by Crippen LogP contribution is -1.97. The Bertz CT molecular complexity index is 823. The van der Waals surface area contributed by atoms with Crippen molar-refractivity contribution < 1.29 is 14.3 Å². The number of hydrogen-bond donors (Lipinski definition) is 0. The Labute approximate surface area is 147 Å². The summed E-state index contributed by atoms with van der Waals surface area (Å²) >= 11 is 9.30. The molecule has 0 saturated heterocycles. The number of esters is 1. The maximum Gasteiger partial charge on any atom is 0.343 e. The Morgan fingerprint density at radius 3 is 2.57 bits per heavy atom. The molecular formula is C18H12BrClO3. The molecule has 1 aliphatic heterocycles. The molecule has 0 amide bonds. The molecule has 0 unspecified atom stereocenters. The van der Waals surface area contributed by atoms with Crippen LogP contribution in [0.1, 0.15) is 11.1 Å². The minimum absolute atomic E-state index is 0.373. The Morgan fingerprint density at radius 1 is 1.17 bits per heavy atom. The van der Waals surface area contributed by atoms with Crippen molar-refractivity contribution in [2.24, 2.45) is 0 Å². The van der Waals surface area contributed by atoms with E-state index in [4.69, 9.17) is 21.1 Å². The molecule has 0 fully saturated rings. The van der Waals surface area contributed by atoms with Crippen molar-refractivity contribution in [3.8, 4) is 5.75 Å². The molecule has 0 aliphatic carbocycles. The molecule has 0 bridgehead atoms. The number of methoxy groups -OCH3 is 1. The average molecular weight is 392 g/mol. The number of halogens is 2. The molecule has 0 aromatic heterocycles. The number of carbonyl (C=O) groups is 1. The van der Waals surface area contributed by atoms with E-state index < -0.39 is 0 Å². The van der Waals surface area contributed by atoms with Gasteiger partial charge in [0.1, 0.15) is 11.5 Å². The maximum absolute atomic E-state index is 12.0. The van der Waals surface area contributed by atoms with Crippen LogP contribution in [0.25, 0.3) is 11.8 Å². The molecule has 1 heterocycles. The van der Waals surface area contributed by atoms with E-state index in [1.165, 1.54) is 0 Å². The van der Waals surface area contributed by atoms with Gasteiger partial charge < -0.3 is 9.47 Å². The highest BCUT2D eigenvalue weighted by atomic mass is 79.9. The van der Waals surface area contributed by atoms with E-state index in [0.717, 1.165) is 21.3 Å². The largest absolute Gasteiger partial charge is 0.496 e. The summed E-state index contributed by atoms with van der Waals surface area (Å²) in [7, 11) is 1.60. The Hall–Kier alpha value is -2.04. The summed E-state index contributed by atoms with van der Waals surface area (Å²) in [6, 6.07) is 12.7. The van der Waals surface area contributed by atoms with Gasteiger partial charge in [-0.2, -0.15) is 0 Å². The van der Waals surface area contributed by atoms with Crippen LogP contribution in [0.3, 0.4) is 0 Å². The number of rotatable bonds is 3. The predicted molar refractivity (Wildman–Crippen MR) is 94.2 cm³/mol. The van der Waals surface area contributed by atoms with Crippen molar-refractivity contribution in [2.45, 2.75) is 0 Å². The first kappa shape index (κ1) is 15.8. The molecule has 3 rings (SSSR count). The van der Waals surface area contributed by atoms with E-state index in [0.29, 0.717) is 16.4 Å². The van der Waals surface area contributed by atoms with E-state index in [1.807, 2.05) is 30.3 Å². The third-order valence-corrected chi connectivity index (χ3v) is 4.22. The average Bonchev–Trinajstić information content (AvgIpc) is 2.89. The molecule has 116 valence electrons. The summed E-state index contributed by atoms with van der Waals surface area (Å²) in [5.74, 6) is 0.880. The summed E-state index contributed by atoms with van der Waals surface area (Å²) in [6.45, 7) is 0. The SMILES string of the molecule is COc1ccc(/C=C2\C=C(c3ccc(Cl)cc3)OC2=O)cc1Br. The lowest BCUT2D eigenvalue weighted by atomic mass is 10.1. The fraction of sp³-hybridized carbons (Fsp3) is 0.0556. The zero-order valence-electron chi connectivity index (χ0n) is 12.2. The highest BCUT2D eigenvalue weighted by Crippen LogP contribution is 2.30. The normalized spacial score (nSPS) is 15.5. The highest BCUT2D eigenvalue weighted by Gasteiger charge is 2.22. The van der Waals surface area contributed by atoms with E-state index in [2.05, 4.69) is 15.9 Å². The second kappa shape index (κ2) is 6.60. The van der Waals surface area contributed by atoms with Crippen LogP contribution in [-0.4, -0.2) is 13.1 Å². The molecule has 0 spiro atoms. The lowest BCUT2D eigenvalue weighted by Gasteiger charge is -2.03. The van der Waals surface area contributed by atoms with E-state index in [-0.39, 0.29) is 5.97 Å². The molecule has 2 aromatic carbocycles. The topological polar surface area (TPSA) is 35.5 Å². The number of ether oxygens (including phenoxy) is 2. The Balaban J connectivity index is 1.91. The van der Waals surface area contributed by atoms with Crippen LogP contribution in [0.4, 0.5) is 0 Å². The first-order chi connectivity index (χ1) is 11.1. The molecule has 1 aliphatic rings. The predicted octanol–water partition coefficient (Wildman–Crippen LogP) is 5.09. The second-order valence-electron chi connectivity index (χ2n) is 4.90. The summed E-state index contributed by atoms with van der Waals surface area (Å²) < 4.78 is 11.3. The summed E-state index contributed by atoms with van der Waals surface area (Å²) in [5, 5.41) is 0.637. The van der Waals surface area contributed by atoms with Crippen molar-refractivity contribution in [1.82, 2.24) is 0 Å². The second-order valence-corrected chi connectivity index (χ2v) is 6.19. The van der Waals surface area contributed by atoms with Crippen molar-refractivity contribution in [1.29, 1.82) is 0 Å². The minimum Gasteiger partial charge on any atom is -0.496 e. The van der Waals surface area contributed by atoms with E-state index in [1.54, 1.807) is 31.4 Å². The van der Waals surface area contributed by atoms with Gasteiger partial charge in [0.15, 0.2) is 0 Å². The monoisotopic (exact) mass is 390 g/mol. The summed E-state index contributed by atoms with van der Waals surface area (Å²) in [4.78, 5) is 12.0. The van der Waals surface area contributed by atoms with Crippen LogP contribution in [-0.2, 0) is 9.53 Å². The standard InChI is InChI=1S/C18H12BrClO3/c1-22-16-7-2-11(9-15(16)19)8-13-10-17(23-18(13)21)12-3-5-14(20)6-4-12/h2-10H,1H3/b13-8+. The number of benzene rings is 2. The molecule has 0 radical (unpaired) electrons. The minimum atomic E-state index is -0.373. The van der Waals surface area contributed by atoms with Gasteiger partial charge in [-0.15, -0.1) is 0 Å². The van der Waals surface area contributed by atoms with Crippen LogP contribution in [0, 0.1) is 0 Å². The maximum atomic E-state index is 12.0. The fourth-order valence-electron chi connectivity index (χ4n) is 2.20. The molecule has 0 saturated carbocycles. The summed E-state index contributed by atoms with van der Waals surface area (Å²) in [6.07, 6.45) is 3.50. The van der Waals surface area contributed by atoms with Crippen molar-refractivity contribution >= 4 is 45.3 Å². The Kier molecular flexibility index (Phi) is 4.55. The van der Waals surface area contributed by atoms with Crippen molar-refractivity contribution in [2.75, 3.05) is 7.11 Å².